The molecule has 1 rings (SSSR count). The second kappa shape index (κ2) is 5.27. The van der Waals surface area contributed by atoms with Gasteiger partial charge in [-0.05, 0) is 19.8 Å². The molecule has 6 heteroatoms. The minimum absolute atomic E-state index is 0.140. The molecule has 1 aliphatic heterocycles. The first-order valence-corrected chi connectivity index (χ1v) is 5.25. The number of rotatable bonds is 4. The van der Waals surface area contributed by atoms with Gasteiger partial charge in [-0.3, -0.25) is 4.79 Å². The maximum atomic E-state index is 11.6. The zero-order valence-corrected chi connectivity index (χ0v) is 9.23. The molecule has 1 aliphatic rings. The van der Waals surface area contributed by atoms with Crippen LogP contribution in [0.3, 0.4) is 0 Å². The molecular weight excluding hydrogens is 214 g/mol. The molecule has 1 amide bonds. The van der Waals surface area contributed by atoms with E-state index in [2.05, 4.69) is 5.32 Å². The van der Waals surface area contributed by atoms with Gasteiger partial charge in [0.2, 0.25) is 5.91 Å². The van der Waals surface area contributed by atoms with Crippen LogP contribution in [0.15, 0.2) is 0 Å². The number of ether oxygens (including phenoxy) is 1. The number of aliphatic carboxylic acids is 1. The molecular formula is C10H17NO5. The van der Waals surface area contributed by atoms with Gasteiger partial charge in [0.25, 0.3) is 0 Å². The summed E-state index contributed by atoms with van der Waals surface area (Å²) in [5, 5.41) is 20.5. The van der Waals surface area contributed by atoms with Crippen molar-refractivity contribution in [2.24, 2.45) is 5.92 Å². The summed E-state index contributed by atoms with van der Waals surface area (Å²) in [6.45, 7) is 1.97. The topological polar surface area (TPSA) is 95.9 Å². The highest BCUT2D eigenvalue weighted by Gasteiger charge is 2.31. The average molecular weight is 231 g/mol. The van der Waals surface area contributed by atoms with Crippen molar-refractivity contribution in [3.8, 4) is 0 Å². The van der Waals surface area contributed by atoms with Crippen molar-refractivity contribution >= 4 is 11.9 Å². The van der Waals surface area contributed by atoms with Crippen molar-refractivity contribution in [3.63, 3.8) is 0 Å². The Hall–Kier alpha value is -1.14. The number of carbonyl (C=O) groups excluding carboxylic acids is 1. The zero-order chi connectivity index (χ0) is 12.2. The Balaban J connectivity index is 2.37. The van der Waals surface area contributed by atoms with Crippen molar-refractivity contribution in [2.45, 2.75) is 25.4 Å². The number of aliphatic hydroxyl groups is 1. The van der Waals surface area contributed by atoms with Gasteiger partial charge in [0.15, 0.2) is 5.60 Å². The second-order valence-corrected chi connectivity index (χ2v) is 4.18. The van der Waals surface area contributed by atoms with E-state index in [4.69, 9.17) is 9.84 Å². The Morgan fingerprint density at radius 3 is 2.50 bits per heavy atom. The molecule has 3 N–H and O–H groups in total. The maximum absolute atomic E-state index is 11.6. The van der Waals surface area contributed by atoms with E-state index >= 15 is 0 Å². The number of hydrogen-bond acceptors (Lipinski definition) is 4. The lowest BCUT2D eigenvalue weighted by molar-refractivity contribution is -0.156. The molecule has 0 aromatic heterocycles. The lowest BCUT2D eigenvalue weighted by Gasteiger charge is -2.23. The van der Waals surface area contributed by atoms with Crippen LogP contribution in [0.5, 0.6) is 0 Å². The molecule has 1 heterocycles. The number of nitrogens with one attached hydrogen (secondary N) is 1. The molecule has 16 heavy (non-hydrogen) atoms. The van der Waals surface area contributed by atoms with E-state index in [1.807, 2.05) is 0 Å². The Bertz CT molecular complexity index is 270. The van der Waals surface area contributed by atoms with E-state index in [9.17, 15) is 14.7 Å². The SMILES string of the molecule is CC(O)(CNC(=O)C1CCOCC1)C(=O)O. The third kappa shape index (κ3) is 3.46. The molecule has 1 unspecified atom stereocenters. The van der Waals surface area contributed by atoms with E-state index in [0.717, 1.165) is 6.92 Å². The van der Waals surface area contributed by atoms with Crippen LogP contribution in [-0.4, -0.2) is 47.4 Å². The first kappa shape index (κ1) is 12.9. The van der Waals surface area contributed by atoms with Gasteiger partial charge in [-0.25, -0.2) is 4.79 Å². The van der Waals surface area contributed by atoms with Crippen molar-refractivity contribution in [2.75, 3.05) is 19.8 Å². The monoisotopic (exact) mass is 231 g/mol. The summed E-state index contributed by atoms with van der Waals surface area (Å²) in [5.74, 6) is -1.71. The lowest BCUT2D eigenvalue weighted by Crippen LogP contribution is -2.48. The fraction of sp³-hybridized carbons (Fsp3) is 0.800. The highest BCUT2D eigenvalue weighted by atomic mass is 16.5. The van der Waals surface area contributed by atoms with Crippen LogP contribution >= 0.6 is 0 Å². The fourth-order valence-corrected chi connectivity index (χ4v) is 1.44. The molecule has 92 valence electrons. The predicted molar refractivity (Wildman–Crippen MR) is 54.8 cm³/mol. The van der Waals surface area contributed by atoms with Crippen molar-refractivity contribution < 1.29 is 24.5 Å². The van der Waals surface area contributed by atoms with Gasteiger partial charge in [-0.1, -0.05) is 0 Å². The van der Waals surface area contributed by atoms with Crippen LogP contribution in [0, 0.1) is 5.92 Å². The van der Waals surface area contributed by atoms with Crippen LogP contribution in [0.1, 0.15) is 19.8 Å². The van der Waals surface area contributed by atoms with Crippen molar-refractivity contribution in [1.82, 2.24) is 5.32 Å². The molecule has 1 saturated heterocycles. The Kier molecular flexibility index (Phi) is 4.26. The van der Waals surface area contributed by atoms with E-state index in [-0.39, 0.29) is 18.4 Å². The third-order valence-electron chi connectivity index (χ3n) is 2.66. The molecule has 0 radical (unpaired) electrons. The Morgan fingerprint density at radius 2 is 2.00 bits per heavy atom. The molecule has 0 aliphatic carbocycles. The highest BCUT2D eigenvalue weighted by molar-refractivity contribution is 5.81. The lowest BCUT2D eigenvalue weighted by atomic mass is 9.99. The Labute approximate surface area is 93.6 Å². The molecule has 0 bridgehead atoms. The van der Waals surface area contributed by atoms with Gasteiger partial charge in [0.1, 0.15) is 0 Å². The van der Waals surface area contributed by atoms with Crippen molar-refractivity contribution in [3.05, 3.63) is 0 Å². The molecule has 0 saturated carbocycles. The van der Waals surface area contributed by atoms with Crippen molar-refractivity contribution in [1.29, 1.82) is 0 Å². The molecule has 1 atom stereocenters. The molecule has 0 aromatic carbocycles. The Morgan fingerprint density at radius 1 is 1.44 bits per heavy atom. The van der Waals surface area contributed by atoms with Crippen LogP contribution in [-0.2, 0) is 14.3 Å². The molecule has 0 spiro atoms. The van der Waals surface area contributed by atoms with Gasteiger partial charge in [-0.2, -0.15) is 0 Å². The molecule has 0 aromatic rings. The van der Waals surface area contributed by atoms with Crippen LogP contribution in [0.4, 0.5) is 0 Å². The molecule has 1 fully saturated rings. The first-order chi connectivity index (χ1) is 7.43. The minimum Gasteiger partial charge on any atom is -0.479 e. The van der Waals surface area contributed by atoms with E-state index in [1.165, 1.54) is 0 Å². The fourth-order valence-electron chi connectivity index (χ4n) is 1.44. The standard InChI is InChI=1S/C10H17NO5/c1-10(15,9(13)14)6-11-8(12)7-2-4-16-5-3-7/h7,15H,2-6H2,1H3,(H,11,12)(H,13,14). The average Bonchev–Trinajstić information content (AvgIpc) is 2.27. The van der Waals surface area contributed by atoms with Gasteiger partial charge in [0, 0.05) is 19.1 Å². The van der Waals surface area contributed by atoms with E-state index in [1.54, 1.807) is 0 Å². The summed E-state index contributed by atoms with van der Waals surface area (Å²) in [6.07, 6.45) is 1.28. The molecule has 6 nitrogen and oxygen atoms in total. The summed E-state index contributed by atoms with van der Waals surface area (Å²) >= 11 is 0. The quantitative estimate of drug-likeness (QED) is 0.598. The van der Waals surface area contributed by atoms with Gasteiger partial charge < -0.3 is 20.3 Å². The number of amides is 1. The van der Waals surface area contributed by atoms with E-state index in [0.29, 0.717) is 26.1 Å². The number of hydrogen-bond donors (Lipinski definition) is 3. The zero-order valence-electron chi connectivity index (χ0n) is 9.23. The number of carboxylic acids is 1. The highest BCUT2D eigenvalue weighted by Crippen LogP contribution is 2.14. The normalized spacial score (nSPS) is 21.1. The smallest absolute Gasteiger partial charge is 0.337 e. The van der Waals surface area contributed by atoms with Gasteiger partial charge in [0.05, 0.1) is 6.54 Å². The van der Waals surface area contributed by atoms with Crippen LogP contribution < -0.4 is 5.32 Å². The van der Waals surface area contributed by atoms with E-state index < -0.39 is 11.6 Å². The van der Waals surface area contributed by atoms with Crippen LogP contribution in [0.25, 0.3) is 0 Å². The van der Waals surface area contributed by atoms with Gasteiger partial charge >= 0.3 is 5.97 Å². The summed E-state index contributed by atoms with van der Waals surface area (Å²) in [7, 11) is 0. The van der Waals surface area contributed by atoms with Crippen LogP contribution in [0.2, 0.25) is 0 Å². The van der Waals surface area contributed by atoms with Gasteiger partial charge in [-0.15, -0.1) is 0 Å². The summed E-state index contributed by atoms with van der Waals surface area (Å²) < 4.78 is 5.11. The second-order valence-electron chi connectivity index (χ2n) is 4.18. The summed E-state index contributed by atoms with van der Waals surface area (Å²) in [5.41, 5.74) is -1.92. The number of carbonyl (C=O) groups is 2. The predicted octanol–water partition coefficient (Wildman–Crippen LogP) is -0.635. The minimum atomic E-state index is -1.92. The first-order valence-electron chi connectivity index (χ1n) is 5.25. The number of carboxylic acid groups (broad SMARTS) is 1. The largest absolute Gasteiger partial charge is 0.479 e. The summed E-state index contributed by atoms with van der Waals surface area (Å²) in [6, 6.07) is 0. The maximum Gasteiger partial charge on any atom is 0.337 e. The third-order valence-corrected chi connectivity index (χ3v) is 2.66. The summed E-state index contributed by atoms with van der Waals surface area (Å²) in [4.78, 5) is 22.2.